The quantitative estimate of drug-likeness (QED) is 0.464. The van der Waals surface area contributed by atoms with E-state index in [1.165, 1.54) is 17.0 Å². The molecule has 2 atom stereocenters. The summed E-state index contributed by atoms with van der Waals surface area (Å²) in [7, 11) is 0. The van der Waals surface area contributed by atoms with Gasteiger partial charge >= 0.3 is 0 Å². The SMILES string of the molecule is O=C(Nc1nc([C@@H]2CC[C@@H](c3ccccn3)C2)cs1)c1cccn1Cc1ccncc1. The summed E-state index contributed by atoms with van der Waals surface area (Å²) < 4.78 is 1.94. The molecule has 156 valence electrons. The summed E-state index contributed by atoms with van der Waals surface area (Å²) in [5, 5.41) is 5.71. The van der Waals surface area contributed by atoms with Crippen LogP contribution in [0.5, 0.6) is 0 Å². The molecule has 0 saturated heterocycles. The van der Waals surface area contributed by atoms with E-state index in [1.54, 1.807) is 12.4 Å². The Morgan fingerprint density at radius 1 is 1.03 bits per heavy atom. The predicted octanol–water partition coefficient (Wildman–Crippen LogP) is 5.09. The number of anilines is 1. The van der Waals surface area contributed by atoms with Gasteiger partial charge in [0.1, 0.15) is 5.69 Å². The van der Waals surface area contributed by atoms with Crippen molar-refractivity contribution in [3.63, 3.8) is 0 Å². The molecule has 0 unspecified atom stereocenters. The number of nitrogens with zero attached hydrogens (tertiary/aromatic N) is 4. The van der Waals surface area contributed by atoms with E-state index in [-0.39, 0.29) is 5.91 Å². The summed E-state index contributed by atoms with van der Waals surface area (Å²) in [5.41, 5.74) is 3.96. The lowest BCUT2D eigenvalue weighted by Crippen LogP contribution is -2.17. The van der Waals surface area contributed by atoms with Crippen LogP contribution in [0.4, 0.5) is 5.13 Å². The summed E-state index contributed by atoms with van der Waals surface area (Å²) >= 11 is 1.49. The lowest BCUT2D eigenvalue weighted by atomic mass is 10.00. The highest BCUT2D eigenvalue weighted by atomic mass is 32.1. The highest BCUT2D eigenvalue weighted by molar-refractivity contribution is 7.14. The molecule has 0 bridgehead atoms. The van der Waals surface area contributed by atoms with Crippen molar-refractivity contribution >= 4 is 22.4 Å². The zero-order valence-electron chi connectivity index (χ0n) is 17.0. The Bertz CT molecular complexity index is 1150. The van der Waals surface area contributed by atoms with E-state index in [4.69, 9.17) is 4.98 Å². The van der Waals surface area contributed by atoms with Gasteiger partial charge in [-0.2, -0.15) is 0 Å². The summed E-state index contributed by atoms with van der Waals surface area (Å²) in [4.78, 5) is 26.2. The maximum Gasteiger partial charge on any atom is 0.274 e. The third-order valence-electron chi connectivity index (χ3n) is 5.86. The fourth-order valence-corrected chi connectivity index (χ4v) is 5.06. The molecule has 0 radical (unpaired) electrons. The van der Waals surface area contributed by atoms with Gasteiger partial charge in [-0.15, -0.1) is 11.3 Å². The van der Waals surface area contributed by atoms with Crippen molar-refractivity contribution in [2.24, 2.45) is 0 Å². The number of hydrogen-bond donors (Lipinski definition) is 1. The van der Waals surface area contributed by atoms with Crippen molar-refractivity contribution < 1.29 is 4.79 Å². The largest absolute Gasteiger partial charge is 0.339 e. The Balaban J connectivity index is 1.24. The molecule has 4 aromatic heterocycles. The molecule has 1 amide bonds. The van der Waals surface area contributed by atoms with Crippen molar-refractivity contribution in [3.05, 3.63) is 95.3 Å². The van der Waals surface area contributed by atoms with Crippen molar-refractivity contribution in [1.29, 1.82) is 0 Å². The third kappa shape index (κ3) is 4.41. The van der Waals surface area contributed by atoms with Gasteiger partial charge in [-0.1, -0.05) is 6.07 Å². The zero-order chi connectivity index (χ0) is 21.0. The molecule has 0 spiro atoms. The van der Waals surface area contributed by atoms with E-state index in [0.29, 0.717) is 29.2 Å². The first-order chi connectivity index (χ1) is 15.3. The van der Waals surface area contributed by atoms with E-state index in [0.717, 1.165) is 30.5 Å². The molecule has 1 N–H and O–H groups in total. The monoisotopic (exact) mass is 429 g/mol. The average Bonchev–Trinajstić information content (AvgIpc) is 3.56. The lowest BCUT2D eigenvalue weighted by Gasteiger charge is -2.09. The van der Waals surface area contributed by atoms with Crippen LogP contribution >= 0.6 is 11.3 Å². The molecule has 4 aromatic rings. The lowest BCUT2D eigenvalue weighted by molar-refractivity contribution is 0.101. The number of rotatable bonds is 6. The number of amides is 1. The smallest absolute Gasteiger partial charge is 0.274 e. The Labute approximate surface area is 185 Å². The van der Waals surface area contributed by atoms with E-state index in [2.05, 4.69) is 32.8 Å². The van der Waals surface area contributed by atoms with Gasteiger partial charge in [0.15, 0.2) is 5.13 Å². The second-order valence-corrected chi connectivity index (χ2v) is 8.73. The van der Waals surface area contributed by atoms with Crippen molar-refractivity contribution in [2.45, 2.75) is 37.6 Å². The number of pyridine rings is 2. The number of thiazole rings is 1. The molecule has 4 heterocycles. The van der Waals surface area contributed by atoms with E-state index in [9.17, 15) is 4.79 Å². The van der Waals surface area contributed by atoms with Crippen LogP contribution in [0.2, 0.25) is 0 Å². The summed E-state index contributed by atoms with van der Waals surface area (Å²) in [6.07, 6.45) is 10.6. The number of hydrogen-bond acceptors (Lipinski definition) is 5. The average molecular weight is 430 g/mol. The Morgan fingerprint density at radius 3 is 2.68 bits per heavy atom. The Kier molecular flexibility index (Phi) is 5.58. The van der Waals surface area contributed by atoms with Crippen molar-refractivity contribution in [3.8, 4) is 0 Å². The number of carbonyl (C=O) groups is 1. The van der Waals surface area contributed by atoms with Crippen LogP contribution in [-0.4, -0.2) is 25.4 Å². The minimum Gasteiger partial charge on any atom is -0.339 e. The van der Waals surface area contributed by atoms with Crippen LogP contribution in [-0.2, 0) is 6.54 Å². The summed E-state index contributed by atoms with van der Waals surface area (Å²) in [6.45, 7) is 0.623. The summed E-state index contributed by atoms with van der Waals surface area (Å²) in [6, 6.07) is 13.7. The van der Waals surface area contributed by atoms with Gasteiger partial charge in [0.05, 0.1) is 5.69 Å². The van der Waals surface area contributed by atoms with Crippen molar-refractivity contribution in [2.75, 3.05) is 5.32 Å². The molecule has 31 heavy (non-hydrogen) atoms. The molecule has 5 rings (SSSR count). The molecular weight excluding hydrogens is 406 g/mol. The standard InChI is InChI=1S/C24H23N5OS/c30-23(22-5-3-13-29(22)15-17-8-11-25-12-9-17)28-24-27-21(16-31-24)19-7-6-18(14-19)20-4-1-2-10-26-20/h1-5,8-13,16,18-19H,6-7,14-15H2,(H,27,28,30)/t18-,19-/m1/s1. The highest BCUT2D eigenvalue weighted by Gasteiger charge is 2.29. The number of carbonyl (C=O) groups excluding carboxylic acids is 1. The molecule has 0 aliphatic heterocycles. The predicted molar refractivity (Wildman–Crippen MR) is 121 cm³/mol. The first-order valence-corrected chi connectivity index (χ1v) is 11.4. The first-order valence-electron chi connectivity index (χ1n) is 10.5. The van der Waals surface area contributed by atoms with Crippen LogP contribution in [0.3, 0.4) is 0 Å². The minimum absolute atomic E-state index is 0.141. The second kappa shape index (κ2) is 8.81. The minimum atomic E-state index is -0.141. The van der Waals surface area contributed by atoms with Gasteiger partial charge in [0, 0.05) is 54.2 Å². The second-order valence-electron chi connectivity index (χ2n) is 7.87. The van der Waals surface area contributed by atoms with Gasteiger partial charge in [-0.05, 0) is 61.2 Å². The molecule has 1 aliphatic rings. The molecule has 0 aromatic carbocycles. The van der Waals surface area contributed by atoms with Gasteiger partial charge in [-0.25, -0.2) is 4.98 Å². The third-order valence-corrected chi connectivity index (χ3v) is 6.64. The van der Waals surface area contributed by atoms with Gasteiger partial charge in [0.2, 0.25) is 0 Å². The van der Waals surface area contributed by atoms with Crippen LogP contribution in [0.1, 0.15) is 58.5 Å². The van der Waals surface area contributed by atoms with E-state index >= 15 is 0 Å². The zero-order valence-corrected chi connectivity index (χ0v) is 17.8. The Morgan fingerprint density at radius 2 is 1.87 bits per heavy atom. The number of nitrogens with one attached hydrogen (secondary N) is 1. The molecule has 6 nitrogen and oxygen atoms in total. The topological polar surface area (TPSA) is 72.7 Å². The first kappa shape index (κ1) is 19.6. The van der Waals surface area contributed by atoms with Crippen molar-refractivity contribution in [1.82, 2.24) is 19.5 Å². The van der Waals surface area contributed by atoms with E-state index < -0.39 is 0 Å². The van der Waals surface area contributed by atoms with Crippen LogP contribution in [0, 0.1) is 0 Å². The van der Waals surface area contributed by atoms with E-state index in [1.807, 2.05) is 47.3 Å². The molecule has 1 aliphatic carbocycles. The summed E-state index contributed by atoms with van der Waals surface area (Å²) in [5.74, 6) is 0.768. The molecule has 7 heteroatoms. The fraction of sp³-hybridized carbons (Fsp3) is 0.250. The molecular formula is C24H23N5OS. The maximum absolute atomic E-state index is 12.9. The fourth-order valence-electron chi connectivity index (χ4n) is 4.27. The maximum atomic E-state index is 12.9. The highest BCUT2D eigenvalue weighted by Crippen LogP contribution is 2.43. The Hall–Kier alpha value is -3.32. The van der Waals surface area contributed by atoms with Gasteiger partial charge < -0.3 is 4.57 Å². The van der Waals surface area contributed by atoms with Gasteiger partial charge in [-0.3, -0.25) is 20.1 Å². The molecule has 1 fully saturated rings. The van der Waals surface area contributed by atoms with Crippen LogP contribution < -0.4 is 5.32 Å². The molecule has 1 saturated carbocycles. The van der Waals surface area contributed by atoms with Gasteiger partial charge in [0.25, 0.3) is 5.91 Å². The normalized spacial score (nSPS) is 18.2. The van der Waals surface area contributed by atoms with Crippen LogP contribution in [0.15, 0.2) is 72.6 Å². The van der Waals surface area contributed by atoms with Crippen LogP contribution in [0.25, 0.3) is 0 Å². The number of aromatic nitrogens is 4.